The van der Waals surface area contributed by atoms with Gasteiger partial charge in [-0.15, -0.1) is 0 Å². The maximum absolute atomic E-state index is 13.1. The monoisotopic (exact) mass is 449 g/mol. The van der Waals surface area contributed by atoms with Crippen molar-refractivity contribution in [1.29, 1.82) is 0 Å². The molecule has 1 atom stereocenters. The first-order valence-electron chi connectivity index (χ1n) is 11.4. The van der Waals surface area contributed by atoms with Gasteiger partial charge in [0.25, 0.3) is 0 Å². The molecular formula is C24H27N5O4. The molecule has 0 saturated carbocycles. The average Bonchev–Trinajstić information content (AvgIpc) is 3.43. The number of carbonyl (C=O) groups is 2. The summed E-state index contributed by atoms with van der Waals surface area (Å²) in [7, 11) is 0. The van der Waals surface area contributed by atoms with Crippen molar-refractivity contribution < 1.29 is 19.1 Å². The van der Waals surface area contributed by atoms with Gasteiger partial charge >= 0.3 is 12.0 Å². The van der Waals surface area contributed by atoms with E-state index >= 15 is 0 Å². The highest BCUT2D eigenvalue weighted by Crippen LogP contribution is 2.29. The Balaban J connectivity index is 1.23. The molecule has 1 saturated heterocycles. The summed E-state index contributed by atoms with van der Waals surface area (Å²) in [5.41, 5.74) is 4.27. The summed E-state index contributed by atoms with van der Waals surface area (Å²) in [5.74, 6) is -0.972. The van der Waals surface area contributed by atoms with Crippen LogP contribution in [0.2, 0.25) is 0 Å². The predicted octanol–water partition coefficient (Wildman–Crippen LogP) is 3.47. The van der Waals surface area contributed by atoms with E-state index in [1.807, 2.05) is 6.07 Å². The van der Waals surface area contributed by atoms with Gasteiger partial charge in [-0.25, -0.2) is 9.78 Å². The summed E-state index contributed by atoms with van der Waals surface area (Å²) in [4.78, 5) is 37.3. The van der Waals surface area contributed by atoms with Crippen LogP contribution in [-0.4, -0.2) is 63.1 Å². The Kier molecular flexibility index (Phi) is 5.85. The van der Waals surface area contributed by atoms with Crippen LogP contribution >= 0.6 is 0 Å². The topological polar surface area (TPSA) is 112 Å². The van der Waals surface area contributed by atoms with Crippen LogP contribution in [0.4, 0.5) is 10.5 Å². The number of nitrogens with zero attached hydrogens (tertiary/aromatic N) is 4. The number of urea groups is 1. The van der Waals surface area contributed by atoms with Gasteiger partial charge in [-0.1, -0.05) is 0 Å². The van der Waals surface area contributed by atoms with Crippen LogP contribution in [0.5, 0.6) is 0 Å². The fourth-order valence-electron chi connectivity index (χ4n) is 4.65. The molecule has 0 radical (unpaired) electrons. The Labute approximate surface area is 191 Å². The summed E-state index contributed by atoms with van der Waals surface area (Å²) in [5, 5.41) is 13.7. The molecule has 0 aliphatic carbocycles. The summed E-state index contributed by atoms with van der Waals surface area (Å²) in [6.45, 7) is 2.64. The van der Waals surface area contributed by atoms with E-state index < -0.39 is 12.0 Å². The molecule has 1 fully saturated rings. The number of amides is 2. The smallest absolute Gasteiger partial charge is 0.320 e. The fraction of sp³-hybridized carbons (Fsp3) is 0.417. The minimum Gasteiger partial charge on any atom is -0.481 e. The number of fused-ring (bicyclic) bond motifs is 2. The van der Waals surface area contributed by atoms with E-state index in [9.17, 15) is 14.7 Å². The maximum Gasteiger partial charge on any atom is 0.320 e. The SMILES string of the molecule is O=C(O)C[C@@H](c1ccc2ccoc2n1)N1CCN(CCCc2ccc3c(n2)CCCN3)C1=O. The number of furan rings is 1. The van der Waals surface area contributed by atoms with Crippen molar-refractivity contribution in [3.63, 3.8) is 0 Å². The van der Waals surface area contributed by atoms with E-state index in [1.165, 1.54) is 0 Å². The molecule has 0 unspecified atom stereocenters. The van der Waals surface area contributed by atoms with Crippen molar-refractivity contribution in [2.24, 2.45) is 0 Å². The van der Waals surface area contributed by atoms with Crippen LogP contribution in [0, 0.1) is 0 Å². The van der Waals surface area contributed by atoms with Gasteiger partial charge in [0, 0.05) is 37.3 Å². The lowest BCUT2D eigenvalue weighted by atomic mass is 10.1. The Morgan fingerprint density at radius 3 is 2.97 bits per heavy atom. The molecule has 2 N–H and O–H groups in total. The average molecular weight is 450 g/mol. The van der Waals surface area contributed by atoms with Gasteiger partial charge in [0.15, 0.2) is 0 Å². The second kappa shape index (κ2) is 9.09. The fourth-order valence-corrected chi connectivity index (χ4v) is 4.65. The van der Waals surface area contributed by atoms with Crippen LogP contribution in [0.3, 0.4) is 0 Å². The molecule has 0 spiro atoms. The first kappa shape index (κ1) is 21.2. The van der Waals surface area contributed by atoms with Gasteiger partial charge in [-0.3, -0.25) is 9.78 Å². The lowest BCUT2D eigenvalue weighted by Crippen LogP contribution is -2.36. The van der Waals surface area contributed by atoms with Gasteiger partial charge in [-0.05, 0) is 56.0 Å². The molecule has 9 heteroatoms. The molecule has 2 aliphatic rings. The van der Waals surface area contributed by atoms with Gasteiger partial charge < -0.3 is 24.6 Å². The zero-order valence-corrected chi connectivity index (χ0v) is 18.4. The van der Waals surface area contributed by atoms with Crippen molar-refractivity contribution in [3.05, 3.63) is 53.7 Å². The van der Waals surface area contributed by atoms with Crippen LogP contribution in [0.1, 0.15) is 42.4 Å². The number of pyridine rings is 2. The number of aliphatic carboxylic acids is 1. The maximum atomic E-state index is 13.1. The lowest BCUT2D eigenvalue weighted by Gasteiger charge is -2.26. The van der Waals surface area contributed by atoms with Gasteiger partial charge in [0.1, 0.15) is 0 Å². The van der Waals surface area contributed by atoms with Crippen molar-refractivity contribution >= 4 is 28.8 Å². The molecule has 9 nitrogen and oxygen atoms in total. The normalized spacial score (nSPS) is 16.7. The molecule has 3 aromatic heterocycles. The Hall–Kier alpha value is -3.62. The van der Waals surface area contributed by atoms with E-state index in [-0.39, 0.29) is 12.5 Å². The van der Waals surface area contributed by atoms with E-state index in [0.717, 1.165) is 54.7 Å². The third kappa shape index (κ3) is 4.48. The number of aromatic nitrogens is 2. The van der Waals surface area contributed by atoms with Gasteiger partial charge in [0.2, 0.25) is 5.71 Å². The molecule has 33 heavy (non-hydrogen) atoms. The molecule has 0 aromatic carbocycles. The van der Waals surface area contributed by atoms with Crippen LogP contribution in [0.25, 0.3) is 11.1 Å². The summed E-state index contributed by atoms with van der Waals surface area (Å²) in [6.07, 6.45) is 5.04. The Bertz CT molecular complexity index is 1180. The highest BCUT2D eigenvalue weighted by molar-refractivity contribution is 5.79. The highest BCUT2D eigenvalue weighted by atomic mass is 16.4. The number of carboxylic acids is 1. The first-order valence-corrected chi connectivity index (χ1v) is 11.4. The Morgan fingerprint density at radius 1 is 1.18 bits per heavy atom. The minimum absolute atomic E-state index is 0.148. The predicted molar refractivity (Wildman–Crippen MR) is 122 cm³/mol. The zero-order valence-electron chi connectivity index (χ0n) is 18.4. The van der Waals surface area contributed by atoms with Crippen LogP contribution in [-0.2, 0) is 17.6 Å². The third-order valence-electron chi connectivity index (χ3n) is 6.35. The molecule has 0 bridgehead atoms. The second-order valence-electron chi connectivity index (χ2n) is 8.56. The quantitative estimate of drug-likeness (QED) is 0.542. The molecule has 2 amide bonds. The third-order valence-corrected chi connectivity index (χ3v) is 6.35. The number of anilines is 1. The Morgan fingerprint density at radius 2 is 2.09 bits per heavy atom. The molecule has 5 rings (SSSR count). The molecule has 5 heterocycles. The standard InChI is InChI=1S/C24H27N5O4/c30-22(31)15-21(20-7-5-16-9-14-33-23(16)27-20)29-13-12-28(24(29)32)11-2-3-17-6-8-18-19(26-17)4-1-10-25-18/h5-9,14,21,25H,1-4,10-13,15H2,(H,30,31)/t21-/m0/s1. The number of carbonyl (C=O) groups excluding carboxylic acids is 1. The number of rotatable bonds is 8. The number of hydrogen-bond donors (Lipinski definition) is 2. The van der Waals surface area contributed by atoms with Crippen molar-refractivity contribution in [3.8, 4) is 0 Å². The highest BCUT2D eigenvalue weighted by Gasteiger charge is 2.36. The number of aryl methyl sites for hydroxylation is 2. The van der Waals surface area contributed by atoms with Crippen molar-refractivity contribution in [1.82, 2.24) is 19.8 Å². The minimum atomic E-state index is -0.972. The molecule has 2 aliphatic heterocycles. The summed E-state index contributed by atoms with van der Waals surface area (Å²) >= 11 is 0. The lowest BCUT2D eigenvalue weighted by molar-refractivity contribution is -0.138. The van der Waals surface area contributed by atoms with E-state index in [0.29, 0.717) is 31.0 Å². The first-order chi connectivity index (χ1) is 16.1. The largest absolute Gasteiger partial charge is 0.481 e. The second-order valence-corrected chi connectivity index (χ2v) is 8.56. The molecule has 172 valence electrons. The molecule has 3 aromatic rings. The van der Waals surface area contributed by atoms with Crippen molar-refractivity contribution in [2.45, 2.75) is 38.1 Å². The van der Waals surface area contributed by atoms with Crippen LogP contribution in [0.15, 0.2) is 41.0 Å². The van der Waals surface area contributed by atoms with Crippen LogP contribution < -0.4 is 5.32 Å². The number of hydrogen-bond acceptors (Lipinski definition) is 6. The van der Waals surface area contributed by atoms with E-state index in [4.69, 9.17) is 9.40 Å². The zero-order chi connectivity index (χ0) is 22.8. The number of carboxylic acid groups (broad SMARTS) is 1. The number of nitrogens with one attached hydrogen (secondary N) is 1. The van der Waals surface area contributed by atoms with E-state index in [2.05, 4.69) is 22.4 Å². The van der Waals surface area contributed by atoms with E-state index in [1.54, 1.807) is 28.2 Å². The summed E-state index contributed by atoms with van der Waals surface area (Å²) in [6, 6.07) is 8.78. The van der Waals surface area contributed by atoms with Gasteiger partial charge in [0.05, 0.1) is 35.8 Å². The van der Waals surface area contributed by atoms with Gasteiger partial charge in [-0.2, -0.15) is 0 Å². The molecular weight excluding hydrogens is 422 g/mol. The van der Waals surface area contributed by atoms with Crippen molar-refractivity contribution in [2.75, 3.05) is 31.5 Å². The summed E-state index contributed by atoms with van der Waals surface area (Å²) < 4.78 is 5.37.